The number of benzene rings is 1. The fourth-order valence-corrected chi connectivity index (χ4v) is 1.63. The molecule has 0 aromatic heterocycles. The van der Waals surface area contributed by atoms with Gasteiger partial charge in [-0.3, -0.25) is 4.79 Å². The molecule has 1 aromatic rings. The summed E-state index contributed by atoms with van der Waals surface area (Å²) in [6.07, 6.45) is 0. The lowest BCUT2D eigenvalue weighted by atomic mass is 10.2. The van der Waals surface area contributed by atoms with Gasteiger partial charge in [0.1, 0.15) is 5.75 Å². The minimum atomic E-state index is -0.000460. The van der Waals surface area contributed by atoms with Gasteiger partial charge in [-0.25, -0.2) is 0 Å². The molecule has 0 heterocycles. The molecule has 0 bridgehead atoms. The van der Waals surface area contributed by atoms with Crippen LogP contribution in [0.3, 0.4) is 0 Å². The molecule has 94 valence electrons. The monoisotopic (exact) mass is 236 g/mol. The first-order valence-electron chi connectivity index (χ1n) is 5.95. The second-order valence-electron chi connectivity index (χ2n) is 3.63. The van der Waals surface area contributed by atoms with E-state index in [2.05, 4.69) is 0 Å². The van der Waals surface area contributed by atoms with E-state index in [1.54, 1.807) is 17.0 Å². The first-order valence-corrected chi connectivity index (χ1v) is 5.95. The van der Waals surface area contributed by atoms with Gasteiger partial charge < -0.3 is 15.4 Å². The van der Waals surface area contributed by atoms with Crippen molar-refractivity contribution in [1.82, 2.24) is 4.90 Å². The molecule has 0 atom stereocenters. The van der Waals surface area contributed by atoms with Crippen molar-refractivity contribution >= 4 is 5.91 Å². The van der Waals surface area contributed by atoms with Crippen molar-refractivity contribution < 1.29 is 9.53 Å². The van der Waals surface area contributed by atoms with Crippen LogP contribution in [0.4, 0.5) is 0 Å². The average molecular weight is 236 g/mol. The number of hydrogen-bond donors (Lipinski definition) is 1. The van der Waals surface area contributed by atoms with Gasteiger partial charge in [0.2, 0.25) is 0 Å². The zero-order valence-electron chi connectivity index (χ0n) is 10.5. The van der Waals surface area contributed by atoms with E-state index in [9.17, 15) is 4.79 Å². The molecule has 0 spiro atoms. The molecule has 17 heavy (non-hydrogen) atoms. The van der Waals surface area contributed by atoms with Gasteiger partial charge in [0.25, 0.3) is 5.91 Å². The van der Waals surface area contributed by atoms with Crippen LogP contribution in [-0.4, -0.2) is 37.0 Å². The highest BCUT2D eigenvalue weighted by Gasteiger charge is 2.13. The first kappa shape index (κ1) is 13.5. The number of rotatable bonds is 6. The second kappa shape index (κ2) is 6.91. The lowest BCUT2D eigenvalue weighted by Gasteiger charge is -2.20. The normalized spacial score (nSPS) is 10.1. The number of amides is 1. The fraction of sp³-hybridized carbons (Fsp3) is 0.462. The van der Waals surface area contributed by atoms with Crippen LogP contribution in [0.25, 0.3) is 0 Å². The first-order chi connectivity index (χ1) is 8.22. The predicted octanol–water partition coefficient (Wildman–Crippen LogP) is 1.51. The van der Waals surface area contributed by atoms with Crippen molar-refractivity contribution in [3.05, 3.63) is 29.8 Å². The number of ether oxygens (including phenoxy) is 1. The number of nitrogens with zero attached hydrogens (tertiary/aromatic N) is 1. The largest absolute Gasteiger partial charge is 0.494 e. The Morgan fingerprint density at radius 1 is 1.41 bits per heavy atom. The zero-order valence-corrected chi connectivity index (χ0v) is 10.5. The Bertz CT molecular complexity index is 366. The summed E-state index contributed by atoms with van der Waals surface area (Å²) in [4.78, 5) is 13.9. The fourth-order valence-electron chi connectivity index (χ4n) is 1.63. The summed E-state index contributed by atoms with van der Waals surface area (Å²) in [6.45, 7) is 6.17. The van der Waals surface area contributed by atoms with E-state index in [0.717, 1.165) is 5.75 Å². The molecule has 0 aliphatic rings. The average Bonchev–Trinajstić information content (AvgIpc) is 2.36. The molecule has 2 N–H and O–H groups in total. The molecule has 1 rings (SSSR count). The summed E-state index contributed by atoms with van der Waals surface area (Å²) < 4.78 is 5.37. The Labute approximate surface area is 102 Å². The quantitative estimate of drug-likeness (QED) is 0.814. The number of likely N-dealkylation sites (N-methyl/N-ethyl adjacent to an activating group) is 1. The summed E-state index contributed by atoms with van der Waals surface area (Å²) in [7, 11) is 0. The van der Waals surface area contributed by atoms with Crippen LogP contribution in [0.1, 0.15) is 24.2 Å². The highest BCUT2D eigenvalue weighted by atomic mass is 16.5. The minimum Gasteiger partial charge on any atom is -0.494 e. The molecule has 4 heteroatoms. The van der Waals surface area contributed by atoms with E-state index in [0.29, 0.717) is 31.8 Å². The van der Waals surface area contributed by atoms with Crippen LogP contribution < -0.4 is 10.5 Å². The Kier molecular flexibility index (Phi) is 5.49. The molecule has 0 radical (unpaired) electrons. The van der Waals surface area contributed by atoms with E-state index in [1.807, 2.05) is 26.0 Å². The second-order valence-corrected chi connectivity index (χ2v) is 3.63. The van der Waals surface area contributed by atoms with Gasteiger partial charge in [-0.15, -0.1) is 0 Å². The number of carbonyl (C=O) groups excluding carboxylic acids is 1. The van der Waals surface area contributed by atoms with Gasteiger partial charge in [0.15, 0.2) is 0 Å². The van der Waals surface area contributed by atoms with Crippen molar-refractivity contribution in [1.29, 1.82) is 0 Å². The predicted molar refractivity (Wildman–Crippen MR) is 68.2 cm³/mol. The lowest BCUT2D eigenvalue weighted by Crippen LogP contribution is -2.35. The molecule has 1 amide bonds. The van der Waals surface area contributed by atoms with E-state index in [4.69, 9.17) is 10.5 Å². The highest BCUT2D eigenvalue weighted by molar-refractivity contribution is 5.94. The topological polar surface area (TPSA) is 55.6 Å². The molecule has 4 nitrogen and oxygen atoms in total. The van der Waals surface area contributed by atoms with Gasteiger partial charge in [-0.2, -0.15) is 0 Å². The third-order valence-corrected chi connectivity index (χ3v) is 2.46. The van der Waals surface area contributed by atoms with Gasteiger partial charge in [0.05, 0.1) is 6.61 Å². The van der Waals surface area contributed by atoms with Crippen molar-refractivity contribution in [3.8, 4) is 5.75 Å². The Morgan fingerprint density at radius 3 is 2.76 bits per heavy atom. The molecular weight excluding hydrogens is 216 g/mol. The van der Waals surface area contributed by atoms with E-state index < -0.39 is 0 Å². The summed E-state index contributed by atoms with van der Waals surface area (Å²) in [5.74, 6) is 0.724. The van der Waals surface area contributed by atoms with Crippen molar-refractivity contribution in [2.24, 2.45) is 5.73 Å². The van der Waals surface area contributed by atoms with Crippen LogP contribution >= 0.6 is 0 Å². The molecule has 0 unspecified atom stereocenters. The van der Waals surface area contributed by atoms with E-state index >= 15 is 0 Å². The Balaban J connectivity index is 2.83. The summed E-state index contributed by atoms with van der Waals surface area (Å²) >= 11 is 0. The number of nitrogens with two attached hydrogens (primary N) is 1. The van der Waals surface area contributed by atoms with Crippen molar-refractivity contribution in [3.63, 3.8) is 0 Å². The van der Waals surface area contributed by atoms with E-state index in [-0.39, 0.29) is 5.91 Å². The molecule has 0 saturated carbocycles. The maximum atomic E-state index is 12.1. The van der Waals surface area contributed by atoms with Crippen molar-refractivity contribution in [2.45, 2.75) is 13.8 Å². The van der Waals surface area contributed by atoms with Gasteiger partial charge in [0, 0.05) is 25.2 Å². The van der Waals surface area contributed by atoms with Crippen LogP contribution in [0, 0.1) is 0 Å². The SMILES string of the molecule is CCOc1cccc(C(=O)N(CC)CCN)c1. The Morgan fingerprint density at radius 2 is 2.18 bits per heavy atom. The van der Waals surface area contributed by atoms with Crippen molar-refractivity contribution in [2.75, 3.05) is 26.2 Å². The van der Waals surface area contributed by atoms with Crippen LogP contribution in [0.15, 0.2) is 24.3 Å². The smallest absolute Gasteiger partial charge is 0.254 e. The van der Waals surface area contributed by atoms with Crippen LogP contribution in [0.5, 0.6) is 5.75 Å². The third kappa shape index (κ3) is 3.75. The summed E-state index contributed by atoms with van der Waals surface area (Å²) in [6, 6.07) is 7.24. The van der Waals surface area contributed by atoms with E-state index in [1.165, 1.54) is 0 Å². The third-order valence-electron chi connectivity index (χ3n) is 2.46. The minimum absolute atomic E-state index is 0.000460. The van der Waals surface area contributed by atoms with Crippen LogP contribution in [-0.2, 0) is 0 Å². The standard InChI is InChI=1S/C13H20N2O2/c1-3-15(9-8-14)13(16)11-6-5-7-12(10-11)17-4-2/h5-7,10H,3-4,8-9,14H2,1-2H3. The molecular formula is C13H20N2O2. The molecule has 1 aromatic carbocycles. The summed E-state index contributed by atoms with van der Waals surface area (Å²) in [5, 5.41) is 0. The van der Waals surface area contributed by atoms with Crippen LogP contribution in [0.2, 0.25) is 0 Å². The van der Waals surface area contributed by atoms with Gasteiger partial charge >= 0.3 is 0 Å². The van der Waals surface area contributed by atoms with Gasteiger partial charge in [-0.05, 0) is 32.0 Å². The molecule has 0 aliphatic carbocycles. The maximum absolute atomic E-state index is 12.1. The zero-order chi connectivity index (χ0) is 12.7. The molecule has 0 aliphatic heterocycles. The summed E-state index contributed by atoms with van der Waals surface area (Å²) in [5.41, 5.74) is 6.12. The number of carbonyl (C=O) groups is 1. The Hall–Kier alpha value is -1.55. The lowest BCUT2D eigenvalue weighted by molar-refractivity contribution is 0.0768. The maximum Gasteiger partial charge on any atom is 0.254 e. The molecule has 0 fully saturated rings. The highest BCUT2D eigenvalue weighted by Crippen LogP contribution is 2.14. The number of hydrogen-bond acceptors (Lipinski definition) is 3. The molecule has 0 saturated heterocycles. The van der Waals surface area contributed by atoms with Gasteiger partial charge in [-0.1, -0.05) is 6.07 Å².